The summed E-state index contributed by atoms with van der Waals surface area (Å²) in [6.07, 6.45) is 6.93. The van der Waals surface area contributed by atoms with Gasteiger partial charge in [0.1, 0.15) is 5.82 Å². The molecule has 0 saturated heterocycles. The molecule has 4 heteroatoms. The quantitative estimate of drug-likeness (QED) is 0.861. The predicted octanol–water partition coefficient (Wildman–Crippen LogP) is 3.45. The molecule has 0 fully saturated rings. The average Bonchev–Trinajstić information content (AvgIpc) is 2.63. The van der Waals surface area contributed by atoms with Crippen LogP contribution in [-0.4, -0.2) is 9.97 Å². The first kappa shape index (κ1) is 13.5. The second kappa shape index (κ2) is 5.90. The first-order valence-electron chi connectivity index (χ1n) is 7.07. The van der Waals surface area contributed by atoms with E-state index in [9.17, 15) is 0 Å². The number of nitrogens with two attached hydrogens (primary N) is 1. The van der Waals surface area contributed by atoms with Crippen molar-refractivity contribution < 1.29 is 0 Å². The van der Waals surface area contributed by atoms with Crippen molar-refractivity contribution in [2.45, 2.75) is 38.1 Å². The molecule has 0 amide bonds. The summed E-state index contributed by atoms with van der Waals surface area (Å²) in [7, 11) is 0. The van der Waals surface area contributed by atoms with Crippen LogP contribution in [0.2, 0.25) is 5.02 Å². The van der Waals surface area contributed by atoms with E-state index in [0.717, 1.165) is 53.4 Å². The lowest BCUT2D eigenvalue weighted by Gasteiger charge is -2.12. The normalized spacial score (nSPS) is 18.4. The third-order valence-corrected chi connectivity index (χ3v) is 4.20. The van der Waals surface area contributed by atoms with Crippen LogP contribution in [0.5, 0.6) is 0 Å². The Morgan fingerprint density at radius 2 is 2.10 bits per heavy atom. The minimum atomic E-state index is 0.0851. The third-order valence-electron chi connectivity index (χ3n) is 3.83. The first-order valence-corrected chi connectivity index (χ1v) is 7.45. The van der Waals surface area contributed by atoms with Gasteiger partial charge in [-0.25, -0.2) is 9.97 Å². The maximum Gasteiger partial charge on any atom is 0.132 e. The summed E-state index contributed by atoms with van der Waals surface area (Å²) >= 11 is 6.19. The average molecular weight is 288 g/mol. The van der Waals surface area contributed by atoms with Crippen LogP contribution in [0.1, 0.15) is 47.9 Å². The Hall–Kier alpha value is -1.45. The second-order valence-corrected chi connectivity index (χ2v) is 5.72. The molecule has 1 unspecified atom stereocenters. The molecule has 1 aliphatic rings. The lowest BCUT2D eigenvalue weighted by molar-refractivity contribution is 0.614. The van der Waals surface area contributed by atoms with Gasteiger partial charge in [-0.15, -0.1) is 0 Å². The number of aromatic nitrogens is 2. The maximum absolute atomic E-state index is 6.19. The number of benzene rings is 1. The van der Waals surface area contributed by atoms with Crippen molar-refractivity contribution >= 4 is 11.6 Å². The number of halogens is 1. The monoisotopic (exact) mass is 287 g/mol. The molecule has 104 valence electrons. The molecule has 20 heavy (non-hydrogen) atoms. The summed E-state index contributed by atoms with van der Waals surface area (Å²) < 4.78 is 0. The molecule has 2 N–H and O–H groups in total. The van der Waals surface area contributed by atoms with E-state index in [2.05, 4.69) is 4.98 Å². The van der Waals surface area contributed by atoms with Gasteiger partial charge in [0, 0.05) is 34.9 Å². The van der Waals surface area contributed by atoms with Crippen molar-refractivity contribution in [1.82, 2.24) is 9.97 Å². The zero-order valence-corrected chi connectivity index (χ0v) is 12.1. The van der Waals surface area contributed by atoms with Crippen molar-refractivity contribution in [3.05, 3.63) is 58.1 Å². The Bertz CT molecular complexity index is 612. The third kappa shape index (κ3) is 2.84. The minimum absolute atomic E-state index is 0.0851. The molecule has 1 aromatic heterocycles. The summed E-state index contributed by atoms with van der Waals surface area (Å²) in [5.41, 5.74) is 9.47. The highest BCUT2D eigenvalue weighted by molar-refractivity contribution is 6.31. The van der Waals surface area contributed by atoms with Gasteiger partial charge in [-0.2, -0.15) is 0 Å². The van der Waals surface area contributed by atoms with Gasteiger partial charge in [-0.3, -0.25) is 0 Å². The van der Waals surface area contributed by atoms with Crippen molar-refractivity contribution in [3.63, 3.8) is 0 Å². The van der Waals surface area contributed by atoms with Crippen LogP contribution in [-0.2, 0) is 12.8 Å². The van der Waals surface area contributed by atoms with Crippen molar-refractivity contribution in [3.8, 4) is 0 Å². The molecule has 0 aliphatic heterocycles. The highest BCUT2D eigenvalue weighted by Crippen LogP contribution is 2.25. The zero-order valence-electron chi connectivity index (χ0n) is 11.3. The van der Waals surface area contributed by atoms with Crippen LogP contribution in [0.15, 0.2) is 30.5 Å². The largest absolute Gasteiger partial charge is 0.324 e. The smallest absolute Gasteiger partial charge is 0.132 e. The summed E-state index contributed by atoms with van der Waals surface area (Å²) in [6.45, 7) is 0. The van der Waals surface area contributed by atoms with Crippen LogP contribution in [0.4, 0.5) is 0 Å². The molecular formula is C16H18ClN3. The van der Waals surface area contributed by atoms with Crippen LogP contribution in [0.25, 0.3) is 0 Å². The van der Waals surface area contributed by atoms with E-state index in [-0.39, 0.29) is 6.04 Å². The van der Waals surface area contributed by atoms with Gasteiger partial charge in [0.05, 0.1) is 0 Å². The first-order chi connectivity index (χ1) is 9.74. The Morgan fingerprint density at radius 1 is 1.25 bits per heavy atom. The predicted molar refractivity (Wildman–Crippen MR) is 80.8 cm³/mol. The molecule has 1 aliphatic carbocycles. The lowest BCUT2D eigenvalue weighted by Crippen LogP contribution is -2.13. The van der Waals surface area contributed by atoms with Gasteiger partial charge < -0.3 is 5.73 Å². The molecule has 3 nitrogen and oxygen atoms in total. The number of hydrogen-bond acceptors (Lipinski definition) is 3. The molecule has 0 radical (unpaired) electrons. The van der Waals surface area contributed by atoms with E-state index < -0.39 is 0 Å². The number of aryl methyl sites for hydroxylation is 1. The van der Waals surface area contributed by atoms with Crippen molar-refractivity contribution in [2.75, 3.05) is 0 Å². The van der Waals surface area contributed by atoms with Crippen LogP contribution >= 0.6 is 11.6 Å². The van der Waals surface area contributed by atoms with Gasteiger partial charge in [0.2, 0.25) is 0 Å². The molecule has 1 aromatic carbocycles. The van der Waals surface area contributed by atoms with Gasteiger partial charge in [0.15, 0.2) is 0 Å². The number of nitrogens with zero attached hydrogens (tertiary/aromatic N) is 2. The van der Waals surface area contributed by atoms with Gasteiger partial charge >= 0.3 is 0 Å². The van der Waals surface area contributed by atoms with Crippen molar-refractivity contribution in [2.24, 2.45) is 5.73 Å². The maximum atomic E-state index is 6.19. The lowest BCUT2D eigenvalue weighted by atomic mass is 10.1. The van der Waals surface area contributed by atoms with E-state index in [1.807, 2.05) is 30.5 Å². The van der Waals surface area contributed by atoms with Crippen LogP contribution < -0.4 is 5.73 Å². The standard InChI is InChI=1S/C16H18ClN3/c17-13-6-2-1-5-11(13)9-16-19-10-12-14(18)7-3-4-8-15(12)20-16/h1-2,5-6,10,14H,3-4,7-9,18H2. The fourth-order valence-corrected chi connectivity index (χ4v) is 2.89. The molecule has 0 saturated carbocycles. The molecule has 1 heterocycles. The Labute approximate surface area is 124 Å². The van der Waals surface area contributed by atoms with E-state index in [1.165, 1.54) is 0 Å². The van der Waals surface area contributed by atoms with E-state index in [0.29, 0.717) is 6.42 Å². The number of fused-ring (bicyclic) bond motifs is 1. The fourth-order valence-electron chi connectivity index (χ4n) is 2.69. The SMILES string of the molecule is NC1CCCCc2nc(Cc3ccccc3Cl)ncc21. The molecule has 0 bridgehead atoms. The molecular weight excluding hydrogens is 270 g/mol. The summed E-state index contributed by atoms with van der Waals surface area (Å²) in [5.74, 6) is 0.825. The highest BCUT2D eigenvalue weighted by Gasteiger charge is 2.17. The molecule has 0 spiro atoms. The van der Waals surface area contributed by atoms with Crippen LogP contribution in [0, 0.1) is 0 Å². The Morgan fingerprint density at radius 3 is 2.95 bits per heavy atom. The Balaban J connectivity index is 1.89. The summed E-state index contributed by atoms with van der Waals surface area (Å²) in [5, 5.41) is 0.766. The molecule has 2 aromatic rings. The van der Waals surface area contributed by atoms with E-state index in [1.54, 1.807) is 0 Å². The highest BCUT2D eigenvalue weighted by atomic mass is 35.5. The summed E-state index contributed by atoms with van der Waals surface area (Å²) in [6, 6.07) is 7.92. The number of hydrogen-bond donors (Lipinski definition) is 1. The minimum Gasteiger partial charge on any atom is -0.324 e. The second-order valence-electron chi connectivity index (χ2n) is 5.31. The zero-order chi connectivity index (χ0) is 13.9. The fraction of sp³-hybridized carbons (Fsp3) is 0.375. The van der Waals surface area contributed by atoms with Crippen molar-refractivity contribution in [1.29, 1.82) is 0 Å². The van der Waals surface area contributed by atoms with Gasteiger partial charge in [0.25, 0.3) is 0 Å². The van der Waals surface area contributed by atoms with Gasteiger partial charge in [-0.05, 0) is 30.9 Å². The molecule has 1 atom stereocenters. The summed E-state index contributed by atoms with van der Waals surface area (Å²) in [4.78, 5) is 9.18. The van der Waals surface area contributed by atoms with E-state index >= 15 is 0 Å². The Kier molecular flexibility index (Phi) is 3.99. The van der Waals surface area contributed by atoms with Crippen LogP contribution in [0.3, 0.4) is 0 Å². The molecule has 3 rings (SSSR count). The van der Waals surface area contributed by atoms with Gasteiger partial charge in [-0.1, -0.05) is 36.2 Å². The van der Waals surface area contributed by atoms with E-state index in [4.69, 9.17) is 22.3 Å². The number of rotatable bonds is 2. The topological polar surface area (TPSA) is 51.8 Å².